The van der Waals surface area contributed by atoms with Gasteiger partial charge in [0.05, 0.1) is 26.2 Å². The van der Waals surface area contributed by atoms with Gasteiger partial charge in [0.25, 0.3) is 0 Å². The van der Waals surface area contributed by atoms with E-state index in [1.165, 1.54) is 0 Å². The molecule has 1 fully saturated rings. The molecule has 2 aromatic rings. The lowest BCUT2D eigenvalue weighted by atomic mass is 9.83. The third-order valence-corrected chi connectivity index (χ3v) is 5.73. The van der Waals surface area contributed by atoms with Crippen LogP contribution in [0.2, 0.25) is 0 Å². The zero-order chi connectivity index (χ0) is 22.2. The molecule has 7 nitrogen and oxygen atoms in total. The minimum Gasteiger partial charge on any atom is -0.496 e. The summed E-state index contributed by atoms with van der Waals surface area (Å²) in [5.74, 6) is 0.898. The highest BCUT2D eigenvalue weighted by molar-refractivity contribution is 5.85. The van der Waals surface area contributed by atoms with Crippen molar-refractivity contribution in [2.45, 2.75) is 45.2 Å². The molecular formula is C24H31N3O4. The number of hydrogen-bond donors (Lipinski definition) is 1. The molecule has 1 saturated heterocycles. The Morgan fingerprint density at radius 2 is 2.00 bits per heavy atom. The lowest BCUT2D eigenvalue weighted by Gasteiger charge is -2.41. The van der Waals surface area contributed by atoms with Crippen molar-refractivity contribution in [1.29, 1.82) is 0 Å². The molecule has 1 aromatic heterocycles. The normalized spacial score (nSPS) is 18.5. The molecule has 0 saturated carbocycles. The standard InChI is InChI=1S/C24H31N3O4/c1-4-5-14-27-22(28)13-11-19(23(27)18-8-6-7-9-20(18)30-2)24(29)26-16-17-10-12-21(31-3)25-15-17/h6-10,12,15,19,23H,4-5,11,13-14,16H2,1-3H3,(H,26,29)/t19-,23-/m0/s1. The van der Waals surface area contributed by atoms with Crippen LogP contribution in [0, 0.1) is 5.92 Å². The summed E-state index contributed by atoms with van der Waals surface area (Å²) in [5.41, 5.74) is 1.76. The van der Waals surface area contributed by atoms with Crippen molar-refractivity contribution in [2.75, 3.05) is 20.8 Å². The summed E-state index contributed by atoms with van der Waals surface area (Å²) < 4.78 is 10.7. The Kier molecular flexibility index (Phi) is 7.87. The first-order chi connectivity index (χ1) is 15.1. The van der Waals surface area contributed by atoms with Crippen molar-refractivity contribution in [3.63, 3.8) is 0 Å². The molecular weight excluding hydrogens is 394 g/mol. The van der Waals surface area contributed by atoms with Crippen LogP contribution in [-0.2, 0) is 16.1 Å². The molecule has 166 valence electrons. The second kappa shape index (κ2) is 10.8. The molecule has 7 heteroatoms. The van der Waals surface area contributed by atoms with Gasteiger partial charge in [-0.3, -0.25) is 9.59 Å². The van der Waals surface area contributed by atoms with E-state index in [-0.39, 0.29) is 23.8 Å². The molecule has 1 aromatic carbocycles. The van der Waals surface area contributed by atoms with Gasteiger partial charge in [0, 0.05) is 37.3 Å². The van der Waals surface area contributed by atoms with Crippen molar-refractivity contribution in [2.24, 2.45) is 5.92 Å². The van der Waals surface area contributed by atoms with Crippen molar-refractivity contribution >= 4 is 11.8 Å². The van der Waals surface area contributed by atoms with Crippen LogP contribution in [0.1, 0.15) is 49.8 Å². The van der Waals surface area contributed by atoms with Crippen molar-refractivity contribution in [3.05, 3.63) is 53.7 Å². The van der Waals surface area contributed by atoms with Gasteiger partial charge < -0.3 is 19.7 Å². The van der Waals surface area contributed by atoms with E-state index < -0.39 is 0 Å². The van der Waals surface area contributed by atoms with E-state index in [9.17, 15) is 9.59 Å². The van der Waals surface area contributed by atoms with E-state index in [4.69, 9.17) is 9.47 Å². The number of aromatic nitrogens is 1. The SMILES string of the molecule is CCCCN1C(=O)CC[C@H](C(=O)NCc2ccc(OC)nc2)[C@@H]1c1ccccc1OC. The predicted octanol–water partition coefficient (Wildman–Crippen LogP) is 3.50. The summed E-state index contributed by atoms with van der Waals surface area (Å²) >= 11 is 0. The molecule has 1 aliphatic rings. The van der Waals surface area contributed by atoms with Crippen LogP contribution >= 0.6 is 0 Å². The fourth-order valence-corrected chi connectivity index (χ4v) is 4.07. The number of amides is 2. The highest BCUT2D eigenvalue weighted by atomic mass is 16.5. The van der Waals surface area contributed by atoms with E-state index in [0.29, 0.717) is 37.6 Å². The Morgan fingerprint density at radius 1 is 1.19 bits per heavy atom. The molecule has 2 atom stereocenters. The van der Waals surface area contributed by atoms with Crippen LogP contribution < -0.4 is 14.8 Å². The molecule has 1 N–H and O–H groups in total. The number of hydrogen-bond acceptors (Lipinski definition) is 5. The van der Waals surface area contributed by atoms with E-state index >= 15 is 0 Å². The van der Waals surface area contributed by atoms with Gasteiger partial charge in [-0.1, -0.05) is 37.6 Å². The molecule has 0 spiro atoms. The zero-order valence-electron chi connectivity index (χ0n) is 18.5. The van der Waals surface area contributed by atoms with Gasteiger partial charge in [-0.15, -0.1) is 0 Å². The van der Waals surface area contributed by atoms with Crippen LogP contribution in [0.15, 0.2) is 42.6 Å². The Morgan fingerprint density at radius 3 is 2.68 bits per heavy atom. The third kappa shape index (κ3) is 5.34. The summed E-state index contributed by atoms with van der Waals surface area (Å²) in [6.07, 6.45) is 4.44. The minimum atomic E-state index is -0.350. The molecule has 0 unspecified atom stereocenters. The van der Waals surface area contributed by atoms with E-state index in [2.05, 4.69) is 17.2 Å². The van der Waals surface area contributed by atoms with Crippen LogP contribution in [0.25, 0.3) is 0 Å². The number of carbonyl (C=O) groups excluding carboxylic acids is 2. The quantitative estimate of drug-likeness (QED) is 0.665. The Bertz CT molecular complexity index is 885. The molecule has 31 heavy (non-hydrogen) atoms. The number of carbonyl (C=O) groups is 2. The van der Waals surface area contributed by atoms with Gasteiger partial charge in [0.1, 0.15) is 5.75 Å². The van der Waals surface area contributed by atoms with Gasteiger partial charge in [0.15, 0.2) is 0 Å². The Labute approximate surface area is 183 Å². The fraction of sp³-hybridized carbons (Fsp3) is 0.458. The van der Waals surface area contributed by atoms with E-state index in [1.54, 1.807) is 26.5 Å². The molecule has 0 bridgehead atoms. The first-order valence-corrected chi connectivity index (χ1v) is 10.8. The summed E-state index contributed by atoms with van der Waals surface area (Å²) in [4.78, 5) is 32.1. The monoisotopic (exact) mass is 425 g/mol. The number of para-hydroxylation sites is 1. The molecule has 0 radical (unpaired) electrons. The molecule has 3 rings (SSSR count). The summed E-state index contributed by atoms with van der Waals surface area (Å²) in [5, 5.41) is 3.04. The van der Waals surface area contributed by atoms with Gasteiger partial charge >= 0.3 is 0 Å². The van der Waals surface area contributed by atoms with Gasteiger partial charge in [-0.25, -0.2) is 4.98 Å². The lowest BCUT2D eigenvalue weighted by molar-refractivity contribution is -0.143. The largest absolute Gasteiger partial charge is 0.496 e. The van der Waals surface area contributed by atoms with Crippen molar-refractivity contribution < 1.29 is 19.1 Å². The lowest BCUT2D eigenvalue weighted by Crippen LogP contribution is -2.48. The van der Waals surface area contributed by atoms with Gasteiger partial charge in [0.2, 0.25) is 17.7 Å². The van der Waals surface area contributed by atoms with Crippen molar-refractivity contribution in [3.8, 4) is 11.6 Å². The maximum absolute atomic E-state index is 13.3. The number of nitrogens with zero attached hydrogens (tertiary/aromatic N) is 2. The minimum absolute atomic E-state index is 0.0688. The Hall–Kier alpha value is -3.09. The number of nitrogens with one attached hydrogen (secondary N) is 1. The summed E-state index contributed by atoms with van der Waals surface area (Å²) in [6.45, 7) is 3.09. The van der Waals surface area contributed by atoms with Gasteiger partial charge in [-0.05, 0) is 24.5 Å². The molecule has 1 aliphatic heterocycles. The van der Waals surface area contributed by atoms with Crippen LogP contribution in [0.3, 0.4) is 0 Å². The number of ether oxygens (including phenoxy) is 2. The maximum Gasteiger partial charge on any atom is 0.225 e. The number of likely N-dealkylation sites (tertiary alicyclic amines) is 1. The number of benzene rings is 1. The maximum atomic E-state index is 13.3. The molecule has 0 aliphatic carbocycles. The predicted molar refractivity (Wildman–Crippen MR) is 118 cm³/mol. The zero-order valence-corrected chi connectivity index (χ0v) is 18.5. The van der Waals surface area contributed by atoms with Crippen LogP contribution in [0.5, 0.6) is 11.6 Å². The fourth-order valence-electron chi connectivity index (χ4n) is 4.07. The van der Waals surface area contributed by atoms with E-state index in [0.717, 1.165) is 24.0 Å². The smallest absolute Gasteiger partial charge is 0.225 e. The Balaban J connectivity index is 1.84. The number of piperidine rings is 1. The van der Waals surface area contributed by atoms with E-state index in [1.807, 2.05) is 35.2 Å². The second-order valence-electron chi connectivity index (χ2n) is 7.70. The first-order valence-electron chi connectivity index (χ1n) is 10.8. The van der Waals surface area contributed by atoms with Crippen LogP contribution in [-0.4, -0.2) is 42.5 Å². The average Bonchev–Trinajstić information content (AvgIpc) is 2.81. The highest BCUT2D eigenvalue weighted by Gasteiger charge is 2.41. The molecule has 2 amide bonds. The number of rotatable bonds is 9. The number of unbranched alkanes of at least 4 members (excludes halogenated alkanes) is 1. The first kappa shape index (κ1) is 22.6. The highest BCUT2D eigenvalue weighted by Crippen LogP contribution is 2.40. The third-order valence-electron chi connectivity index (χ3n) is 5.73. The second-order valence-corrected chi connectivity index (χ2v) is 7.70. The number of methoxy groups -OCH3 is 2. The van der Waals surface area contributed by atoms with Crippen LogP contribution in [0.4, 0.5) is 0 Å². The van der Waals surface area contributed by atoms with Gasteiger partial charge in [-0.2, -0.15) is 0 Å². The number of pyridine rings is 1. The molecule has 2 heterocycles. The topological polar surface area (TPSA) is 80.8 Å². The summed E-state index contributed by atoms with van der Waals surface area (Å²) in [7, 11) is 3.18. The summed E-state index contributed by atoms with van der Waals surface area (Å²) in [6, 6.07) is 11.0. The van der Waals surface area contributed by atoms with Crippen molar-refractivity contribution in [1.82, 2.24) is 15.2 Å². The average molecular weight is 426 g/mol.